The summed E-state index contributed by atoms with van der Waals surface area (Å²) in [5.74, 6) is -0.991. The van der Waals surface area contributed by atoms with Crippen molar-refractivity contribution in [3.05, 3.63) is 71.6 Å². The van der Waals surface area contributed by atoms with E-state index in [1.54, 1.807) is 18.4 Å². The minimum atomic E-state index is -0.991. The van der Waals surface area contributed by atoms with Crippen LogP contribution in [0.15, 0.2) is 59.9 Å². The van der Waals surface area contributed by atoms with Crippen molar-refractivity contribution in [1.29, 1.82) is 0 Å². The molecule has 5 heteroatoms. The number of rotatable bonds is 7. The van der Waals surface area contributed by atoms with Crippen molar-refractivity contribution < 1.29 is 9.90 Å². The van der Waals surface area contributed by atoms with Crippen LogP contribution >= 0.6 is 0 Å². The Kier molecular flexibility index (Phi) is 6.32. The van der Waals surface area contributed by atoms with Gasteiger partial charge in [0.05, 0.1) is 0 Å². The molecule has 23 heavy (non-hydrogen) atoms. The molecule has 0 aliphatic carbocycles. The molecule has 0 aromatic heterocycles. The highest BCUT2D eigenvalue weighted by atomic mass is 16.4. The van der Waals surface area contributed by atoms with E-state index >= 15 is 0 Å². The largest absolute Gasteiger partial charge is 0.478 e. The van der Waals surface area contributed by atoms with E-state index in [1.807, 2.05) is 6.07 Å². The number of carboxylic acid groups (broad SMARTS) is 1. The first-order valence-corrected chi connectivity index (χ1v) is 7.50. The van der Waals surface area contributed by atoms with Crippen molar-refractivity contribution >= 4 is 12.2 Å². The maximum absolute atomic E-state index is 10.9. The number of hydrogen-bond acceptors (Lipinski definition) is 4. The van der Waals surface area contributed by atoms with Gasteiger partial charge in [0.15, 0.2) is 0 Å². The van der Waals surface area contributed by atoms with Crippen LogP contribution < -0.4 is 10.6 Å². The Labute approximate surface area is 136 Å². The minimum Gasteiger partial charge on any atom is -0.478 e. The van der Waals surface area contributed by atoms with E-state index in [-0.39, 0.29) is 0 Å². The average molecular weight is 311 g/mol. The molecular weight excluding hydrogens is 290 g/mol. The maximum Gasteiger partial charge on any atom is 0.330 e. The van der Waals surface area contributed by atoms with Gasteiger partial charge in [0.25, 0.3) is 0 Å². The first-order valence-electron chi connectivity index (χ1n) is 7.50. The standard InChI is InChI=1S/C18H21N3O2/c1-2-19-9-4-7-16(11-18(22)23)21-12-15-6-3-5-14-8-10-20-13-17(14)15/h2-7,9,11,20-21H,1,8,10,12-13H2,(H,22,23)/b7-4-,16-11-,19-9?. The van der Waals surface area contributed by atoms with Crippen LogP contribution in [-0.4, -0.2) is 23.8 Å². The van der Waals surface area contributed by atoms with E-state index in [9.17, 15) is 4.79 Å². The molecule has 0 amide bonds. The van der Waals surface area contributed by atoms with Gasteiger partial charge < -0.3 is 15.7 Å². The quantitative estimate of drug-likeness (QED) is 0.410. The van der Waals surface area contributed by atoms with Gasteiger partial charge in [-0.1, -0.05) is 24.8 Å². The number of nitrogens with one attached hydrogen (secondary N) is 2. The molecule has 1 heterocycles. The van der Waals surface area contributed by atoms with E-state index in [0.717, 1.165) is 25.6 Å². The highest BCUT2D eigenvalue weighted by molar-refractivity contribution is 5.81. The first kappa shape index (κ1) is 16.7. The molecule has 1 aromatic carbocycles. The van der Waals surface area contributed by atoms with Crippen LogP contribution in [0.1, 0.15) is 16.7 Å². The fourth-order valence-corrected chi connectivity index (χ4v) is 2.50. The second kappa shape index (κ2) is 8.70. The summed E-state index contributed by atoms with van der Waals surface area (Å²) in [5, 5.41) is 15.5. The van der Waals surface area contributed by atoms with Crippen molar-refractivity contribution in [1.82, 2.24) is 10.6 Å². The third-order valence-electron chi connectivity index (χ3n) is 3.56. The molecule has 0 spiro atoms. The summed E-state index contributed by atoms with van der Waals surface area (Å²) in [6.45, 7) is 5.91. The van der Waals surface area contributed by atoms with Crippen molar-refractivity contribution in [2.24, 2.45) is 4.99 Å². The number of carboxylic acids is 1. The Morgan fingerprint density at radius 1 is 1.48 bits per heavy atom. The zero-order chi connectivity index (χ0) is 16.5. The van der Waals surface area contributed by atoms with Crippen molar-refractivity contribution in [3.63, 3.8) is 0 Å². The molecular formula is C18H21N3O2. The number of aliphatic imine (C=N–C) groups is 1. The van der Waals surface area contributed by atoms with E-state index in [2.05, 4.69) is 34.3 Å². The van der Waals surface area contributed by atoms with Gasteiger partial charge in [-0.05, 0) is 41.8 Å². The average Bonchev–Trinajstić information content (AvgIpc) is 2.56. The molecule has 0 saturated carbocycles. The number of hydrogen-bond donors (Lipinski definition) is 3. The Bertz CT molecular complexity index is 660. The topological polar surface area (TPSA) is 73.7 Å². The molecule has 1 aromatic rings. The normalized spacial score (nSPS) is 14.9. The lowest BCUT2D eigenvalue weighted by atomic mass is 9.96. The van der Waals surface area contributed by atoms with Crippen LogP contribution in [0.2, 0.25) is 0 Å². The predicted octanol–water partition coefficient (Wildman–Crippen LogP) is 2.16. The highest BCUT2D eigenvalue weighted by Crippen LogP contribution is 2.18. The lowest BCUT2D eigenvalue weighted by Crippen LogP contribution is -2.26. The second-order valence-electron chi connectivity index (χ2n) is 5.11. The fourth-order valence-electron chi connectivity index (χ4n) is 2.50. The number of allylic oxidation sites excluding steroid dienone is 2. The number of benzene rings is 1. The Morgan fingerprint density at radius 2 is 2.35 bits per heavy atom. The van der Waals surface area contributed by atoms with E-state index < -0.39 is 5.97 Å². The summed E-state index contributed by atoms with van der Waals surface area (Å²) in [6.07, 6.45) is 8.49. The Balaban J connectivity index is 2.09. The molecule has 0 fully saturated rings. The molecule has 5 nitrogen and oxygen atoms in total. The third-order valence-corrected chi connectivity index (χ3v) is 3.56. The van der Waals surface area contributed by atoms with Gasteiger partial charge in [-0.25, -0.2) is 4.79 Å². The monoisotopic (exact) mass is 311 g/mol. The lowest BCUT2D eigenvalue weighted by Gasteiger charge is -2.21. The Morgan fingerprint density at radius 3 is 3.13 bits per heavy atom. The van der Waals surface area contributed by atoms with Gasteiger partial charge in [-0.15, -0.1) is 0 Å². The second-order valence-corrected chi connectivity index (χ2v) is 5.11. The molecule has 0 unspecified atom stereocenters. The minimum absolute atomic E-state index is 0.523. The summed E-state index contributed by atoms with van der Waals surface area (Å²) in [7, 11) is 0. The molecule has 1 aliphatic rings. The zero-order valence-electron chi connectivity index (χ0n) is 13.0. The number of carbonyl (C=O) groups is 1. The summed E-state index contributed by atoms with van der Waals surface area (Å²) >= 11 is 0. The van der Waals surface area contributed by atoms with E-state index in [1.165, 1.54) is 22.9 Å². The zero-order valence-corrected chi connectivity index (χ0v) is 13.0. The van der Waals surface area contributed by atoms with Crippen molar-refractivity contribution in [2.45, 2.75) is 19.5 Å². The summed E-state index contributed by atoms with van der Waals surface area (Å²) in [4.78, 5) is 14.8. The number of nitrogens with zero attached hydrogens (tertiary/aromatic N) is 1. The van der Waals surface area contributed by atoms with Crippen LogP contribution in [0, 0.1) is 0 Å². The smallest absolute Gasteiger partial charge is 0.330 e. The van der Waals surface area contributed by atoms with Gasteiger partial charge in [0.2, 0.25) is 0 Å². The molecule has 2 rings (SSSR count). The van der Waals surface area contributed by atoms with Gasteiger partial charge in [0.1, 0.15) is 0 Å². The summed E-state index contributed by atoms with van der Waals surface area (Å²) < 4.78 is 0. The molecule has 0 radical (unpaired) electrons. The SMILES string of the molecule is C=CN=C/C=C\C(=C\C(=O)O)NCc1cccc2c1CNCC2. The van der Waals surface area contributed by atoms with E-state index in [0.29, 0.717) is 12.2 Å². The van der Waals surface area contributed by atoms with Crippen LogP contribution in [-0.2, 0) is 24.3 Å². The van der Waals surface area contributed by atoms with Gasteiger partial charge in [-0.2, -0.15) is 0 Å². The highest BCUT2D eigenvalue weighted by Gasteiger charge is 2.12. The molecule has 0 saturated heterocycles. The molecule has 0 atom stereocenters. The van der Waals surface area contributed by atoms with Crippen LogP contribution in [0.3, 0.4) is 0 Å². The molecule has 120 valence electrons. The van der Waals surface area contributed by atoms with Gasteiger partial charge >= 0.3 is 5.97 Å². The van der Waals surface area contributed by atoms with Gasteiger partial charge in [0, 0.05) is 37.3 Å². The maximum atomic E-state index is 10.9. The third kappa shape index (κ3) is 5.23. The van der Waals surface area contributed by atoms with E-state index in [4.69, 9.17) is 5.11 Å². The molecule has 1 aliphatic heterocycles. The van der Waals surface area contributed by atoms with Gasteiger partial charge in [-0.3, -0.25) is 4.99 Å². The van der Waals surface area contributed by atoms with Crippen molar-refractivity contribution in [3.8, 4) is 0 Å². The fraction of sp³-hybridized carbons (Fsp3) is 0.222. The Hall–Kier alpha value is -2.66. The first-order chi connectivity index (χ1) is 11.2. The van der Waals surface area contributed by atoms with Crippen LogP contribution in [0.25, 0.3) is 0 Å². The lowest BCUT2D eigenvalue weighted by molar-refractivity contribution is -0.131. The van der Waals surface area contributed by atoms with Crippen LogP contribution in [0.5, 0.6) is 0 Å². The number of aliphatic carboxylic acids is 1. The predicted molar refractivity (Wildman–Crippen MR) is 92.2 cm³/mol. The molecule has 3 N–H and O–H groups in total. The van der Waals surface area contributed by atoms with Crippen molar-refractivity contribution in [2.75, 3.05) is 6.54 Å². The summed E-state index contributed by atoms with van der Waals surface area (Å²) in [5.41, 5.74) is 4.37. The molecule has 0 bridgehead atoms. The van der Waals surface area contributed by atoms with Crippen LogP contribution in [0.4, 0.5) is 0 Å². The summed E-state index contributed by atoms with van der Waals surface area (Å²) in [6, 6.07) is 6.27. The number of fused-ring (bicyclic) bond motifs is 1.